The molecule has 0 aromatic rings. The minimum absolute atomic E-state index is 0.0625. The predicted octanol–water partition coefficient (Wildman–Crippen LogP) is 1.17. The van der Waals surface area contributed by atoms with E-state index in [1.54, 1.807) is 0 Å². The summed E-state index contributed by atoms with van der Waals surface area (Å²) in [6.07, 6.45) is 5.05. The van der Waals surface area contributed by atoms with Crippen LogP contribution in [0.5, 0.6) is 0 Å². The van der Waals surface area contributed by atoms with Gasteiger partial charge in [-0.2, -0.15) is 0 Å². The average molecular weight is 112 g/mol. The third-order valence-corrected chi connectivity index (χ3v) is 2.72. The van der Waals surface area contributed by atoms with Gasteiger partial charge in [-0.25, -0.2) is 0 Å². The van der Waals surface area contributed by atoms with Gasteiger partial charge >= 0.3 is 0 Å². The molecule has 2 saturated carbocycles. The minimum Gasteiger partial charge on any atom is -0.393 e. The SMILES string of the molecule is OC1C[C@H]2CC[C@H]2C1. The van der Waals surface area contributed by atoms with Crippen molar-refractivity contribution in [1.29, 1.82) is 0 Å². The summed E-state index contributed by atoms with van der Waals surface area (Å²) in [5.41, 5.74) is 0. The fourth-order valence-electron chi connectivity index (χ4n) is 2.05. The van der Waals surface area contributed by atoms with Gasteiger partial charge in [0.15, 0.2) is 0 Å². The second-order valence-electron chi connectivity index (χ2n) is 3.22. The van der Waals surface area contributed by atoms with Gasteiger partial charge in [-0.15, -0.1) is 0 Å². The molecule has 1 nitrogen and oxygen atoms in total. The van der Waals surface area contributed by atoms with Crippen LogP contribution in [-0.2, 0) is 0 Å². The monoisotopic (exact) mass is 112 g/mol. The molecule has 2 rings (SSSR count). The van der Waals surface area contributed by atoms with E-state index in [4.69, 9.17) is 5.11 Å². The van der Waals surface area contributed by atoms with Crippen molar-refractivity contribution in [3.05, 3.63) is 0 Å². The summed E-state index contributed by atoms with van der Waals surface area (Å²) in [4.78, 5) is 0. The van der Waals surface area contributed by atoms with Crippen LogP contribution < -0.4 is 0 Å². The van der Waals surface area contributed by atoms with E-state index in [9.17, 15) is 0 Å². The van der Waals surface area contributed by atoms with Crippen molar-refractivity contribution in [3.8, 4) is 0 Å². The van der Waals surface area contributed by atoms with Crippen LogP contribution in [0.15, 0.2) is 0 Å². The smallest absolute Gasteiger partial charge is 0.0545 e. The molecule has 2 aliphatic carbocycles. The van der Waals surface area contributed by atoms with Crippen LogP contribution in [0.25, 0.3) is 0 Å². The van der Waals surface area contributed by atoms with E-state index in [1.807, 2.05) is 0 Å². The first-order chi connectivity index (χ1) is 3.86. The van der Waals surface area contributed by atoms with Gasteiger partial charge < -0.3 is 5.11 Å². The van der Waals surface area contributed by atoms with Crippen LogP contribution in [0, 0.1) is 11.8 Å². The molecule has 0 heterocycles. The number of fused-ring (bicyclic) bond motifs is 1. The van der Waals surface area contributed by atoms with Gasteiger partial charge in [0.25, 0.3) is 0 Å². The minimum atomic E-state index is 0.0625. The highest BCUT2D eigenvalue weighted by molar-refractivity contribution is 4.90. The van der Waals surface area contributed by atoms with E-state index in [0.717, 1.165) is 24.7 Å². The van der Waals surface area contributed by atoms with Crippen LogP contribution in [0.2, 0.25) is 0 Å². The zero-order valence-electron chi connectivity index (χ0n) is 5.01. The lowest BCUT2D eigenvalue weighted by Gasteiger charge is -2.29. The molecule has 46 valence electrons. The molecule has 1 heteroatoms. The van der Waals surface area contributed by atoms with E-state index in [2.05, 4.69) is 0 Å². The Morgan fingerprint density at radius 1 is 1.00 bits per heavy atom. The van der Waals surface area contributed by atoms with E-state index in [0.29, 0.717) is 0 Å². The fraction of sp³-hybridized carbons (Fsp3) is 1.00. The molecule has 0 aromatic carbocycles. The van der Waals surface area contributed by atoms with E-state index in [1.165, 1.54) is 12.8 Å². The maximum atomic E-state index is 9.11. The fourth-order valence-corrected chi connectivity index (χ4v) is 2.05. The largest absolute Gasteiger partial charge is 0.393 e. The average Bonchev–Trinajstić information content (AvgIpc) is 1.91. The van der Waals surface area contributed by atoms with Crippen LogP contribution in [0.3, 0.4) is 0 Å². The van der Waals surface area contributed by atoms with Crippen molar-refractivity contribution in [1.82, 2.24) is 0 Å². The van der Waals surface area contributed by atoms with Crippen molar-refractivity contribution in [2.75, 3.05) is 0 Å². The highest BCUT2D eigenvalue weighted by atomic mass is 16.3. The van der Waals surface area contributed by atoms with Crippen LogP contribution >= 0.6 is 0 Å². The summed E-state index contributed by atoms with van der Waals surface area (Å²) in [5.74, 6) is 1.84. The molecule has 2 aliphatic rings. The number of aliphatic hydroxyl groups is 1. The second kappa shape index (κ2) is 1.47. The molecule has 0 aromatic heterocycles. The molecule has 1 unspecified atom stereocenters. The Kier molecular flexibility index (Phi) is 0.884. The van der Waals surface area contributed by atoms with Gasteiger partial charge in [-0.05, 0) is 37.5 Å². The Hall–Kier alpha value is -0.0400. The lowest BCUT2D eigenvalue weighted by Crippen LogP contribution is -2.18. The maximum Gasteiger partial charge on any atom is 0.0545 e. The molecule has 0 aliphatic heterocycles. The molecule has 3 atom stereocenters. The summed E-state index contributed by atoms with van der Waals surface area (Å²) in [6, 6.07) is 0. The Morgan fingerprint density at radius 2 is 1.50 bits per heavy atom. The zero-order chi connectivity index (χ0) is 5.56. The highest BCUT2D eigenvalue weighted by Crippen LogP contribution is 2.46. The first kappa shape index (κ1) is 4.80. The van der Waals surface area contributed by atoms with Crippen molar-refractivity contribution in [2.24, 2.45) is 11.8 Å². The van der Waals surface area contributed by atoms with Crippen molar-refractivity contribution >= 4 is 0 Å². The summed E-state index contributed by atoms with van der Waals surface area (Å²) < 4.78 is 0. The lowest BCUT2D eigenvalue weighted by molar-refractivity contribution is 0.178. The van der Waals surface area contributed by atoms with Crippen LogP contribution in [-0.4, -0.2) is 11.2 Å². The Labute approximate surface area is 49.7 Å². The number of hydrogen-bond donors (Lipinski definition) is 1. The summed E-state index contributed by atoms with van der Waals surface area (Å²) >= 11 is 0. The molecule has 0 radical (unpaired) electrons. The Balaban J connectivity index is 2.00. The van der Waals surface area contributed by atoms with Crippen molar-refractivity contribution in [3.63, 3.8) is 0 Å². The van der Waals surface area contributed by atoms with Gasteiger partial charge in [0.1, 0.15) is 0 Å². The topological polar surface area (TPSA) is 20.2 Å². The van der Waals surface area contributed by atoms with E-state index >= 15 is 0 Å². The Bertz CT molecular complexity index is 88.6. The van der Waals surface area contributed by atoms with Crippen LogP contribution in [0.1, 0.15) is 25.7 Å². The molecular weight excluding hydrogens is 100 g/mol. The third kappa shape index (κ3) is 0.510. The maximum absolute atomic E-state index is 9.11. The van der Waals surface area contributed by atoms with Crippen molar-refractivity contribution < 1.29 is 5.11 Å². The van der Waals surface area contributed by atoms with Gasteiger partial charge in [-0.3, -0.25) is 0 Å². The van der Waals surface area contributed by atoms with Gasteiger partial charge in [-0.1, -0.05) is 0 Å². The Morgan fingerprint density at radius 3 is 1.75 bits per heavy atom. The number of aliphatic hydroxyl groups excluding tert-OH is 1. The predicted molar refractivity (Wildman–Crippen MR) is 31.5 cm³/mol. The molecule has 0 spiro atoms. The first-order valence-corrected chi connectivity index (χ1v) is 3.54. The number of rotatable bonds is 0. The number of hydrogen-bond acceptors (Lipinski definition) is 1. The van der Waals surface area contributed by atoms with E-state index < -0.39 is 0 Å². The lowest BCUT2D eigenvalue weighted by atomic mass is 9.77. The molecular formula is C7H12O. The normalized spacial score (nSPS) is 52.9. The molecule has 0 bridgehead atoms. The molecule has 2 fully saturated rings. The molecule has 1 N–H and O–H groups in total. The zero-order valence-corrected chi connectivity index (χ0v) is 5.01. The molecule has 8 heavy (non-hydrogen) atoms. The van der Waals surface area contributed by atoms with Crippen LogP contribution in [0.4, 0.5) is 0 Å². The van der Waals surface area contributed by atoms with E-state index in [-0.39, 0.29) is 6.10 Å². The standard InChI is InChI=1S/C7H12O/c8-7-3-5-1-2-6(5)4-7/h5-8H,1-4H2/t5-,6+,7?. The third-order valence-electron chi connectivity index (χ3n) is 2.72. The quantitative estimate of drug-likeness (QED) is 0.498. The summed E-state index contributed by atoms with van der Waals surface area (Å²) in [6.45, 7) is 0. The highest BCUT2D eigenvalue weighted by Gasteiger charge is 2.39. The van der Waals surface area contributed by atoms with Gasteiger partial charge in [0.05, 0.1) is 6.10 Å². The van der Waals surface area contributed by atoms with Gasteiger partial charge in [0.2, 0.25) is 0 Å². The van der Waals surface area contributed by atoms with Crippen molar-refractivity contribution in [2.45, 2.75) is 31.8 Å². The summed E-state index contributed by atoms with van der Waals surface area (Å²) in [5, 5.41) is 9.11. The molecule has 0 saturated heterocycles. The van der Waals surface area contributed by atoms with Gasteiger partial charge in [0, 0.05) is 0 Å². The second-order valence-corrected chi connectivity index (χ2v) is 3.22. The first-order valence-electron chi connectivity index (χ1n) is 3.54. The molecule has 0 amide bonds. The summed E-state index contributed by atoms with van der Waals surface area (Å²) in [7, 11) is 0.